The van der Waals surface area contributed by atoms with Gasteiger partial charge >= 0.3 is 0 Å². The minimum atomic E-state index is -3.99. The summed E-state index contributed by atoms with van der Waals surface area (Å²) in [6.45, 7) is 5.27. The predicted octanol–water partition coefficient (Wildman–Crippen LogP) is 3.99. The van der Waals surface area contributed by atoms with Gasteiger partial charge in [0, 0.05) is 30.2 Å². The lowest BCUT2D eigenvalue weighted by molar-refractivity contribution is 0.0387. The number of likely N-dealkylation sites (N-methyl/N-ethyl adjacent to an activating group) is 1. The molecule has 0 saturated heterocycles. The first kappa shape index (κ1) is 31.8. The Kier molecular flexibility index (Phi) is 9.53. The van der Waals surface area contributed by atoms with Crippen molar-refractivity contribution in [2.45, 2.75) is 42.7 Å². The monoisotopic (exact) mass is 635 g/mol. The molecule has 0 bridgehead atoms. The fraction of sp³-hybridized carbons (Fsp3) is 0.345. The lowest BCUT2D eigenvalue weighted by atomic mass is 9.99. The van der Waals surface area contributed by atoms with Gasteiger partial charge in [-0.15, -0.1) is 0 Å². The normalized spacial score (nSPS) is 18.5. The topological polar surface area (TPSA) is 133 Å². The van der Waals surface area contributed by atoms with Gasteiger partial charge in [-0.05, 0) is 68.4 Å². The number of aliphatic hydroxyl groups excluding tert-OH is 1. The molecule has 10 nitrogen and oxygen atoms in total. The van der Waals surface area contributed by atoms with Crippen molar-refractivity contribution in [1.82, 2.24) is 9.21 Å². The van der Waals surface area contributed by atoms with Crippen molar-refractivity contribution in [3.05, 3.63) is 82.9 Å². The molecule has 0 saturated carbocycles. The lowest BCUT2D eigenvalue weighted by Gasteiger charge is -2.38. The average Bonchev–Trinajstić information content (AvgIpc) is 2.95. The summed E-state index contributed by atoms with van der Waals surface area (Å²) in [6, 6.07) is 16.0. The van der Waals surface area contributed by atoms with Crippen LogP contribution in [0, 0.1) is 12.8 Å². The minimum Gasteiger partial charge on any atom is -0.488 e. The number of benzene rings is 3. The smallest absolute Gasteiger partial charge is 0.261 e. The van der Waals surface area contributed by atoms with Crippen molar-refractivity contribution in [3.63, 3.8) is 0 Å². The Hall–Kier alpha value is -3.16. The molecule has 0 spiro atoms. The molecule has 4 rings (SSSR count). The van der Waals surface area contributed by atoms with Gasteiger partial charge in [0.1, 0.15) is 11.9 Å². The van der Waals surface area contributed by atoms with Gasteiger partial charge in [0.15, 0.2) is 0 Å². The molecule has 1 aliphatic rings. The summed E-state index contributed by atoms with van der Waals surface area (Å²) in [5, 5.41) is 10.3. The molecule has 42 heavy (non-hydrogen) atoms. The molecule has 226 valence electrons. The molecule has 1 aliphatic heterocycles. The number of hydrogen-bond donors (Lipinski definition) is 2. The van der Waals surface area contributed by atoms with E-state index < -0.39 is 38.1 Å². The fourth-order valence-electron chi connectivity index (χ4n) is 4.57. The summed E-state index contributed by atoms with van der Waals surface area (Å²) >= 11 is 5.89. The maximum atomic E-state index is 13.7. The van der Waals surface area contributed by atoms with Crippen LogP contribution in [0.3, 0.4) is 0 Å². The number of rotatable bonds is 9. The molecule has 0 aromatic heterocycles. The number of anilines is 1. The summed E-state index contributed by atoms with van der Waals surface area (Å²) in [5.41, 5.74) is 1.14. The minimum absolute atomic E-state index is 0.0107. The van der Waals surface area contributed by atoms with Crippen molar-refractivity contribution < 1.29 is 31.5 Å². The number of aryl methyl sites for hydroxylation is 1. The number of amides is 1. The number of carbonyl (C=O) groups excluding carboxylic acids is 1. The molecule has 0 radical (unpaired) electrons. The number of halogens is 1. The van der Waals surface area contributed by atoms with Crippen molar-refractivity contribution in [3.8, 4) is 5.75 Å². The van der Waals surface area contributed by atoms with E-state index >= 15 is 0 Å². The molecule has 1 amide bonds. The Bertz CT molecular complexity index is 1650. The number of hydrogen-bond acceptors (Lipinski definition) is 7. The van der Waals surface area contributed by atoms with Crippen molar-refractivity contribution in [1.29, 1.82) is 0 Å². The highest BCUT2D eigenvalue weighted by atomic mass is 35.5. The standard InChI is InChI=1S/C29H34ClN3O7S2/c1-19-5-10-25(11-6-19)42(38,39)32(4)17-28-20(2)16-33(21(3)18-34)29(35)26-15-23(9-14-27(26)40-28)31-41(36,37)24-12-7-22(30)8-13-24/h5-15,20-21,28,31,34H,16-18H2,1-4H3/t20-,21-,28+/m0/s1. The van der Waals surface area contributed by atoms with Crippen molar-refractivity contribution in [2.75, 3.05) is 31.5 Å². The second kappa shape index (κ2) is 12.6. The van der Waals surface area contributed by atoms with Gasteiger partial charge in [-0.25, -0.2) is 16.8 Å². The average molecular weight is 636 g/mol. The number of aliphatic hydroxyl groups is 1. The van der Waals surface area contributed by atoms with Crippen LogP contribution in [0.4, 0.5) is 5.69 Å². The molecular weight excluding hydrogens is 602 g/mol. The SMILES string of the molecule is Cc1ccc(S(=O)(=O)N(C)C[C@H]2Oc3ccc(NS(=O)(=O)c4ccc(Cl)cc4)cc3C(=O)N([C@@H](C)CO)C[C@@H]2C)cc1. The number of ether oxygens (including phenoxy) is 1. The zero-order chi connectivity index (χ0) is 30.8. The molecule has 1 heterocycles. The summed E-state index contributed by atoms with van der Waals surface area (Å²) in [5.74, 6) is -0.609. The highest BCUT2D eigenvalue weighted by molar-refractivity contribution is 7.92. The van der Waals surface area contributed by atoms with E-state index in [2.05, 4.69) is 4.72 Å². The van der Waals surface area contributed by atoms with Crippen LogP contribution in [0.2, 0.25) is 5.02 Å². The maximum Gasteiger partial charge on any atom is 0.261 e. The van der Waals surface area contributed by atoms with Gasteiger partial charge in [0.2, 0.25) is 10.0 Å². The third-order valence-electron chi connectivity index (χ3n) is 7.21. The van der Waals surface area contributed by atoms with Gasteiger partial charge in [0.25, 0.3) is 15.9 Å². The van der Waals surface area contributed by atoms with Gasteiger partial charge in [-0.3, -0.25) is 9.52 Å². The van der Waals surface area contributed by atoms with Crippen LogP contribution < -0.4 is 9.46 Å². The second-order valence-electron chi connectivity index (χ2n) is 10.5. The lowest BCUT2D eigenvalue weighted by Crippen LogP contribution is -2.50. The molecule has 13 heteroatoms. The van der Waals surface area contributed by atoms with E-state index in [1.165, 1.54) is 58.7 Å². The predicted molar refractivity (Wildman–Crippen MR) is 161 cm³/mol. The zero-order valence-corrected chi connectivity index (χ0v) is 26.1. The van der Waals surface area contributed by atoms with Crippen LogP contribution >= 0.6 is 11.6 Å². The quantitative estimate of drug-likeness (QED) is 0.363. The molecule has 0 fully saturated rings. The third-order valence-corrected chi connectivity index (χ3v) is 10.7. The van der Waals surface area contributed by atoms with E-state index in [4.69, 9.17) is 16.3 Å². The summed E-state index contributed by atoms with van der Waals surface area (Å²) < 4.78 is 62.5. The highest BCUT2D eigenvalue weighted by Crippen LogP contribution is 2.32. The van der Waals surface area contributed by atoms with Crippen LogP contribution in [0.15, 0.2) is 76.5 Å². The first-order valence-electron chi connectivity index (χ1n) is 13.3. The fourth-order valence-corrected chi connectivity index (χ4v) is 6.93. The largest absolute Gasteiger partial charge is 0.488 e. The van der Waals surface area contributed by atoms with E-state index in [1.54, 1.807) is 31.2 Å². The first-order valence-corrected chi connectivity index (χ1v) is 16.6. The first-order chi connectivity index (χ1) is 19.7. The van der Waals surface area contributed by atoms with Crippen molar-refractivity contribution in [2.24, 2.45) is 5.92 Å². The molecular formula is C29H34ClN3O7S2. The number of nitrogens with one attached hydrogen (secondary N) is 1. The zero-order valence-electron chi connectivity index (χ0n) is 23.7. The Morgan fingerprint density at radius 3 is 2.29 bits per heavy atom. The molecule has 2 N–H and O–H groups in total. The van der Waals surface area contributed by atoms with Crippen LogP contribution in [0.25, 0.3) is 0 Å². The van der Waals surface area contributed by atoms with E-state index in [0.717, 1.165) is 5.56 Å². The Morgan fingerprint density at radius 1 is 1.05 bits per heavy atom. The number of fused-ring (bicyclic) bond motifs is 1. The third kappa shape index (κ3) is 6.90. The van der Waals surface area contributed by atoms with E-state index in [-0.39, 0.29) is 52.4 Å². The molecule has 3 atom stereocenters. The van der Waals surface area contributed by atoms with Crippen LogP contribution in [0.5, 0.6) is 5.75 Å². The van der Waals surface area contributed by atoms with Crippen LogP contribution in [-0.4, -0.2) is 75.9 Å². The summed E-state index contributed by atoms with van der Waals surface area (Å²) in [4.78, 5) is 15.3. The van der Waals surface area contributed by atoms with Crippen LogP contribution in [-0.2, 0) is 20.0 Å². The number of sulfonamides is 2. The molecule has 3 aromatic rings. The van der Waals surface area contributed by atoms with Crippen LogP contribution in [0.1, 0.15) is 29.8 Å². The van der Waals surface area contributed by atoms with E-state index in [1.807, 2.05) is 13.8 Å². The van der Waals surface area contributed by atoms with Gasteiger partial charge in [0.05, 0.1) is 34.5 Å². The van der Waals surface area contributed by atoms with E-state index in [0.29, 0.717) is 5.02 Å². The number of nitrogens with zero attached hydrogens (tertiary/aromatic N) is 2. The highest BCUT2D eigenvalue weighted by Gasteiger charge is 2.35. The Balaban J connectivity index is 1.68. The second-order valence-corrected chi connectivity index (χ2v) is 14.7. The van der Waals surface area contributed by atoms with Crippen molar-refractivity contribution >= 4 is 43.2 Å². The summed E-state index contributed by atoms with van der Waals surface area (Å²) in [6.07, 6.45) is -0.674. The van der Waals surface area contributed by atoms with Gasteiger partial charge in [-0.2, -0.15) is 4.31 Å². The maximum absolute atomic E-state index is 13.7. The molecule has 0 aliphatic carbocycles. The molecule has 3 aromatic carbocycles. The molecule has 0 unspecified atom stereocenters. The van der Waals surface area contributed by atoms with E-state index in [9.17, 15) is 26.7 Å². The summed E-state index contributed by atoms with van der Waals surface area (Å²) in [7, 11) is -6.35. The van der Waals surface area contributed by atoms with Gasteiger partial charge < -0.3 is 14.7 Å². The Labute approximate surface area is 252 Å². The van der Waals surface area contributed by atoms with Gasteiger partial charge in [-0.1, -0.05) is 36.2 Å². The number of carbonyl (C=O) groups is 1. The Morgan fingerprint density at radius 2 is 1.67 bits per heavy atom.